The molecule has 2 heterocycles. The van der Waals surface area contributed by atoms with Gasteiger partial charge in [0.15, 0.2) is 12.4 Å². The average molecular weight is 349 g/mol. The van der Waals surface area contributed by atoms with Gasteiger partial charge in [0.2, 0.25) is 0 Å². The zero-order valence-corrected chi connectivity index (χ0v) is 15.0. The molecule has 0 saturated carbocycles. The van der Waals surface area contributed by atoms with E-state index >= 15 is 0 Å². The topological polar surface area (TPSA) is 112 Å². The highest BCUT2D eigenvalue weighted by atomic mass is 16.5. The van der Waals surface area contributed by atoms with Crippen molar-refractivity contribution in [3.05, 3.63) is 28.3 Å². The number of H-pyrrole nitrogens is 1. The highest BCUT2D eigenvalue weighted by Crippen LogP contribution is 2.20. The Morgan fingerprint density at radius 3 is 2.60 bits per heavy atom. The number of hydrogen-bond acceptors (Lipinski definition) is 7. The van der Waals surface area contributed by atoms with Gasteiger partial charge in [-0.2, -0.15) is 0 Å². The van der Waals surface area contributed by atoms with Gasteiger partial charge >= 0.3 is 11.9 Å². The first kappa shape index (κ1) is 18.6. The van der Waals surface area contributed by atoms with Crippen molar-refractivity contribution in [3.63, 3.8) is 0 Å². The van der Waals surface area contributed by atoms with E-state index in [0.29, 0.717) is 29.2 Å². The Labute approximate surface area is 145 Å². The minimum Gasteiger partial charge on any atom is -0.462 e. The van der Waals surface area contributed by atoms with Gasteiger partial charge in [-0.05, 0) is 43.2 Å². The van der Waals surface area contributed by atoms with E-state index in [0.717, 1.165) is 12.8 Å². The molecule has 0 saturated heterocycles. The summed E-state index contributed by atoms with van der Waals surface area (Å²) in [5, 5.41) is 11.4. The van der Waals surface area contributed by atoms with Gasteiger partial charge in [-0.3, -0.25) is 0 Å². The molecule has 0 aliphatic rings. The maximum absolute atomic E-state index is 12.3. The van der Waals surface area contributed by atoms with Gasteiger partial charge in [0.1, 0.15) is 5.69 Å². The number of aryl methyl sites for hydroxylation is 2. The lowest BCUT2D eigenvalue weighted by molar-refractivity contribution is 0.0449. The molecule has 0 aliphatic carbocycles. The molecule has 25 heavy (non-hydrogen) atoms. The van der Waals surface area contributed by atoms with E-state index in [4.69, 9.17) is 9.47 Å². The number of carbonyl (C=O) groups is 2. The zero-order chi connectivity index (χ0) is 18.4. The molecule has 9 nitrogen and oxygen atoms in total. The van der Waals surface area contributed by atoms with Crippen LogP contribution >= 0.6 is 0 Å². The molecule has 0 aliphatic heterocycles. The normalized spacial score (nSPS) is 10.7. The van der Waals surface area contributed by atoms with Crippen molar-refractivity contribution >= 4 is 11.9 Å². The summed E-state index contributed by atoms with van der Waals surface area (Å²) >= 11 is 0. The van der Waals surface area contributed by atoms with Crippen molar-refractivity contribution in [1.82, 2.24) is 25.2 Å². The molecular formula is C16H23N5O4. The van der Waals surface area contributed by atoms with Gasteiger partial charge in [-0.15, -0.1) is 5.10 Å². The quantitative estimate of drug-likeness (QED) is 0.725. The van der Waals surface area contributed by atoms with Crippen LogP contribution in [0.5, 0.6) is 0 Å². The molecule has 0 amide bonds. The van der Waals surface area contributed by atoms with Gasteiger partial charge < -0.3 is 14.5 Å². The van der Waals surface area contributed by atoms with Crippen LogP contribution in [0, 0.1) is 13.8 Å². The van der Waals surface area contributed by atoms with Gasteiger partial charge in [0.05, 0.1) is 12.2 Å². The second kappa shape index (κ2) is 8.41. The Morgan fingerprint density at radius 1 is 1.16 bits per heavy atom. The van der Waals surface area contributed by atoms with Crippen molar-refractivity contribution in [2.24, 2.45) is 0 Å². The first-order chi connectivity index (χ1) is 12.0. The first-order valence-corrected chi connectivity index (χ1v) is 8.28. The summed E-state index contributed by atoms with van der Waals surface area (Å²) in [5.74, 6) is -0.550. The summed E-state index contributed by atoms with van der Waals surface area (Å²) in [6.07, 6.45) is 1.94. The van der Waals surface area contributed by atoms with Gasteiger partial charge in [-0.1, -0.05) is 13.3 Å². The summed E-state index contributed by atoms with van der Waals surface area (Å²) < 4.78 is 11.9. The second-order valence-electron chi connectivity index (χ2n) is 5.59. The average Bonchev–Trinajstić information content (AvgIpc) is 3.14. The fraction of sp³-hybridized carbons (Fsp3) is 0.562. The van der Waals surface area contributed by atoms with Gasteiger partial charge in [-0.25, -0.2) is 14.3 Å². The highest BCUT2D eigenvalue weighted by Gasteiger charge is 2.24. The molecule has 136 valence electrons. The number of nitrogens with one attached hydrogen (secondary N) is 1. The molecule has 2 aromatic rings. The molecule has 2 rings (SSSR count). The first-order valence-electron chi connectivity index (χ1n) is 8.28. The second-order valence-corrected chi connectivity index (χ2v) is 5.59. The largest absolute Gasteiger partial charge is 0.462 e. The highest BCUT2D eigenvalue weighted by molar-refractivity contribution is 5.98. The molecule has 1 N–H and O–H groups in total. The Balaban J connectivity index is 2.08. The lowest BCUT2D eigenvalue weighted by atomic mass is 10.1. The predicted octanol–water partition coefficient (Wildman–Crippen LogP) is 1.95. The third-order valence-corrected chi connectivity index (χ3v) is 3.78. The standard InChI is InChI=1S/C16H23N5O4/c1-5-7-8-21-12(18-19-20-21)9-25-16(23)14-10(3)13(11(4)17-14)15(22)24-6-2/h17H,5-9H2,1-4H3. The SMILES string of the molecule is CCCCn1nnnc1COC(=O)c1[nH]c(C)c(C(=O)OCC)c1C. The Hall–Kier alpha value is -2.71. The molecule has 0 fully saturated rings. The number of nitrogens with zero attached hydrogens (tertiary/aromatic N) is 4. The Morgan fingerprint density at radius 2 is 1.92 bits per heavy atom. The molecule has 9 heteroatoms. The van der Waals surface area contributed by atoms with Crippen molar-refractivity contribution < 1.29 is 19.1 Å². The number of aromatic nitrogens is 5. The number of hydrogen-bond donors (Lipinski definition) is 1. The van der Waals surface area contributed by atoms with Crippen molar-refractivity contribution in [1.29, 1.82) is 0 Å². The van der Waals surface area contributed by atoms with Crippen LogP contribution in [0.2, 0.25) is 0 Å². The summed E-state index contributed by atoms with van der Waals surface area (Å²) in [4.78, 5) is 27.2. The minimum absolute atomic E-state index is 0.0399. The molecule has 0 bridgehead atoms. The Kier molecular flexibility index (Phi) is 6.26. The third kappa shape index (κ3) is 4.23. The number of carbonyl (C=O) groups excluding carboxylic acids is 2. The minimum atomic E-state index is -0.568. The molecule has 0 aromatic carbocycles. The van der Waals surface area contributed by atoms with Gasteiger partial charge in [0, 0.05) is 12.2 Å². The van der Waals surface area contributed by atoms with E-state index in [1.807, 2.05) is 0 Å². The lowest BCUT2D eigenvalue weighted by Crippen LogP contribution is -2.12. The number of ether oxygens (including phenoxy) is 2. The number of tetrazole rings is 1. The summed E-state index contributed by atoms with van der Waals surface area (Å²) in [5.41, 5.74) is 1.66. The van der Waals surface area contributed by atoms with Crippen molar-refractivity contribution in [2.45, 2.75) is 53.7 Å². The monoisotopic (exact) mass is 349 g/mol. The van der Waals surface area contributed by atoms with E-state index in [1.165, 1.54) is 0 Å². The van der Waals surface area contributed by atoms with Crippen LogP contribution in [0.3, 0.4) is 0 Å². The number of rotatable bonds is 8. The summed E-state index contributed by atoms with van der Waals surface area (Å²) in [7, 11) is 0. The van der Waals surface area contributed by atoms with Crippen LogP contribution in [0.15, 0.2) is 0 Å². The Bertz CT molecular complexity index is 750. The molecule has 0 atom stereocenters. The van der Waals surface area contributed by atoms with Crippen LogP contribution in [0.1, 0.15) is 64.6 Å². The van der Waals surface area contributed by atoms with Crippen LogP contribution in [0.25, 0.3) is 0 Å². The van der Waals surface area contributed by atoms with E-state index < -0.39 is 11.9 Å². The van der Waals surface area contributed by atoms with Crippen LogP contribution < -0.4 is 0 Å². The number of aromatic amines is 1. The fourth-order valence-corrected chi connectivity index (χ4v) is 2.47. The van der Waals surface area contributed by atoms with Crippen LogP contribution in [0.4, 0.5) is 0 Å². The molecule has 0 unspecified atom stereocenters. The molecular weight excluding hydrogens is 326 g/mol. The maximum Gasteiger partial charge on any atom is 0.355 e. The molecule has 0 radical (unpaired) electrons. The van der Waals surface area contributed by atoms with Crippen LogP contribution in [-0.4, -0.2) is 43.7 Å². The third-order valence-electron chi connectivity index (χ3n) is 3.78. The van der Waals surface area contributed by atoms with E-state index in [1.54, 1.807) is 25.5 Å². The van der Waals surface area contributed by atoms with Gasteiger partial charge in [0.25, 0.3) is 0 Å². The maximum atomic E-state index is 12.3. The predicted molar refractivity (Wildman–Crippen MR) is 88.1 cm³/mol. The van der Waals surface area contributed by atoms with E-state index in [-0.39, 0.29) is 18.9 Å². The molecule has 2 aromatic heterocycles. The number of esters is 2. The summed E-state index contributed by atoms with van der Waals surface area (Å²) in [6, 6.07) is 0. The van der Waals surface area contributed by atoms with E-state index in [2.05, 4.69) is 27.4 Å². The number of unbranched alkanes of at least 4 members (excludes halogenated alkanes) is 1. The zero-order valence-electron chi connectivity index (χ0n) is 15.0. The van der Waals surface area contributed by atoms with Crippen LogP contribution in [-0.2, 0) is 22.6 Å². The summed E-state index contributed by atoms with van der Waals surface area (Å²) in [6.45, 7) is 8.09. The van der Waals surface area contributed by atoms with Crippen molar-refractivity contribution in [2.75, 3.05) is 6.61 Å². The van der Waals surface area contributed by atoms with Crippen molar-refractivity contribution in [3.8, 4) is 0 Å². The fourth-order valence-electron chi connectivity index (χ4n) is 2.47. The molecule has 0 spiro atoms. The van der Waals surface area contributed by atoms with E-state index in [9.17, 15) is 9.59 Å². The lowest BCUT2D eigenvalue weighted by Gasteiger charge is -2.06. The smallest absolute Gasteiger partial charge is 0.355 e.